The van der Waals surface area contributed by atoms with Gasteiger partial charge in [0.25, 0.3) is 0 Å². The Morgan fingerprint density at radius 3 is 2.50 bits per heavy atom. The van der Waals surface area contributed by atoms with Crippen molar-refractivity contribution < 1.29 is 14.6 Å². The number of methoxy groups -OCH3 is 1. The zero-order valence-electron chi connectivity index (χ0n) is 10.2. The van der Waals surface area contributed by atoms with Crippen LogP contribution in [0.4, 0.5) is 0 Å². The molecular weight excluding hydrogens is 206 g/mol. The third kappa shape index (κ3) is 2.55. The molecule has 0 spiro atoms. The van der Waals surface area contributed by atoms with Gasteiger partial charge in [-0.05, 0) is 31.6 Å². The molecule has 0 aromatic rings. The number of esters is 1. The topological polar surface area (TPSA) is 72.5 Å². The first-order chi connectivity index (χ1) is 7.59. The van der Waals surface area contributed by atoms with Gasteiger partial charge < -0.3 is 15.6 Å². The highest BCUT2D eigenvalue weighted by Gasteiger charge is 2.43. The molecular formula is C12H23NO3. The molecule has 4 nitrogen and oxygen atoms in total. The number of hydrogen-bond donors (Lipinski definition) is 2. The minimum atomic E-state index is -1.07. The third-order valence-electron chi connectivity index (χ3n) is 4.09. The highest BCUT2D eigenvalue weighted by molar-refractivity contribution is 5.75. The van der Waals surface area contributed by atoms with Gasteiger partial charge in [0.2, 0.25) is 0 Å². The van der Waals surface area contributed by atoms with Crippen LogP contribution in [0.15, 0.2) is 0 Å². The highest BCUT2D eigenvalue weighted by Crippen LogP contribution is 2.42. The maximum absolute atomic E-state index is 11.4. The van der Waals surface area contributed by atoms with Crippen molar-refractivity contribution >= 4 is 5.97 Å². The van der Waals surface area contributed by atoms with Crippen molar-refractivity contribution in [2.45, 2.75) is 45.1 Å². The molecule has 1 unspecified atom stereocenters. The Morgan fingerprint density at radius 2 is 2.12 bits per heavy atom. The first-order valence-corrected chi connectivity index (χ1v) is 6.05. The van der Waals surface area contributed by atoms with E-state index in [9.17, 15) is 9.90 Å². The number of hydrogen-bond acceptors (Lipinski definition) is 4. The molecule has 1 aliphatic rings. The molecule has 0 saturated heterocycles. The molecule has 4 heteroatoms. The van der Waals surface area contributed by atoms with Crippen LogP contribution in [-0.4, -0.2) is 30.8 Å². The summed E-state index contributed by atoms with van der Waals surface area (Å²) in [7, 11) is 1.30. The predicted octanol–water partition coefficient (Wildman–Crippen LogP) is 1.07. The van der Waals surface area contributed by atoms with Crippen molar-refractivity contribution in [3.8, 4) is 0 Å². The molecule has 94 valence electrons. The lowest BCUT2D eigenvalue weighted by Crippen LogP contribution is -2.48. The second-order valence-corrected chi connectivity index (χ2v) is 4.84. The number of carbonyl (C=O) groups is 1. The number of rotatable bonds is 4. The summed E-state index contributed by atoms with van der Waals surface area (Å²) in [5.74, 6) is 0.157. The van der Waals surface area contributed by atoms with Crippen LogP contribution < -0.4 is 5.73 Å². The fourth-order valence-corrected chi connectivity index (χ4v) is 2.61. The van der Waals surface area contributed by atoms with Crippen molar-refractivity contribution in [3.05, 3.63) is 0 Å². The second-order valence-electron chi connectivity index (χ2n) is 4.84. The van der Waals surface area contributed by atoms with Crippen molar-refractivity contribution in [1.29, 1.82) is 0 Å². The van der Waals surface area contributed by atoms with Crippen LogP contribution in [0.2, 0.25) is 0 Å². The van der Waals surface area contributed by atoms with E-state index >= 15 is 0 Å². The van der Waals surface area contributed by atoms with Gasteiger partial charge in [0.1, 0.15) is 0 Å². The van der Waals surface area contributed by atoms with Crippen LogP contribution in [0.1, 0.15) is 39.0 Å². The van der Waals surface area contributed by atoms with Crippen LogP contribution in [0, 0.1) is 11.3 Å². The largest absolute Gasteiger partial charge is 0.467 e. The normalized spacial score (nSPS) is 32.1. The van der Waals surface area contributed by atoms with Gasteiger partial charge in [0, 0.05) is 12.0 Å². The molecule has 1 rings (SSSR count). The Balaban J connectivity index is 2.68. The van der Waals surface area contributed by atoms with E-state index in [4.69, 9.17) is 5.73 Å². The van der Waals surface area contributed by atoms with E-state index in [1.807, 2.05) is 0 Å². The van der Waals surface area contributed by atoms with Gasteiger partial charge in [0.05, 0.1) is 7.11 Å². The minimum absolute atomic E-state index is 0.347. The first kappa shape index (κ1) is 13.5. The van der Waals surface area contributed by atoms with E-state index in [0.717, 1.165) is 32.1 Å². The summed E-state index contributed by atoms with van der Waals surface area (Å²) in [6.45, 7) is 2.52. The fraction of sp³-hybridized carbons (Fsp3) is 0.917. The molecule has 1 atom stereocenters. The maximum Gasteiger partial charge on any atom is 0.335 e. The zero-order valence-corrected chi connectivity index (χ0v) is 10.2. The molecule has 0 heterocycles. The summed E-state index contributed by atoms with van der Waals surface area (Å²) in [4.78, 5) is 11.4. The summed E-state index contributed by atoms with van der Waals surface area (Å²) < 4.78 is 4.60. The molecule has 1 saturated carbocycles. The molecule has 16 heavy (non-hydrogen) atoms. The van der Waals surface area contributed by atoms with E-state index in [0.29, 0.717) is 12.5 Å². The molecule has 0 aromatic carbocycles. The van der Waals surface area contributed by atoms with E-state index in [2.05, 4.69) is 11.7 Å². The van der Waals surface area contributed by atoms with E-state index in [1.54, 1.807) is 0 Å². The average Bonchev–Trinajstić information content (AvgIpc) is 2.37. The smallest absolute Gasteiger partial charge is 0.335 e. The van der Waals surface area contributed by atoms with Crippen molar-refractivity contribution in [2.75, 3.05) is 13.7 Å². The summed E-state index contributed by atoms with van der Waals surface area (Å²) in [6.07, 6.45) is 3.81. The first-order valence-electron chi connectivity index (χ1n) is 6.05. The van der Waals surface area contributed by atoms with Gasteiger partial charge >= 0.3 is 5.97 Å². The molecule has 0 aromatic heterocycles. The Bertz CT molecular complexity index is 234. The Labute approximate surface area is 97.2 Å². The van der Waals surface area contributed by atoms with Crippen LogP contribution in [0.5, 0.6) is 0 Å². The van der Waals surface area contributed by atoms with Crippen LogP contribution in [0.25, 0.3) is 0 Å². The molecule has 0 radical (unpaired) electrons. The van der Waals surface area contributed by atoms with Gasteiger partial charge in [0.15, 0.2) is 6.10 Å². The lowest BCUT2D eigenvalue weighted by molar-refractivity contribution is -0.160. The fourth-order valence-electron chi connectivity index (χ4n) is 2.61. The number of aliphatic hydroxyl groups excluding tert-OH is 1. The average molecular weight is 229 g/mol. The Hall–Kier alpha value is -0.610. The minimum Gasteiger partial charge on any atom is -0.467 e. The number of aliphatic hydroxyl groups is 1. The van der Waals surface area contributed by atoms with Gasteiger partial charge in [-0.2, -0.15) is 0 Å². The van der Waals surface area contributed by atoms with Gasteiger partial charge in [-0.1, -0.05) is 13.3 Å². The van der Waals surface area contributed by atoms with Crippen molar-refractivity contribution in [2.24, 2.45) is 17.1 Å². The van der Waals surface area contributed by atoms with Gasteiger partial charge in [-0.25, -0.2) is 4.79 Å². The van der Waals surface area contributed by atoms with Crippen molar-refractivity contribution in [1.82, 2.24) is 0 Å². The lowest BCUT2D eigenvalue weighted by atomic mass is 9.67. The number of carbonyl (C=O) groups excluding carboxylic acids is 1. The Kier molecular flexibility index (Phi) is 4.74. The predicted molar refractivity (Wildman–Crippen MR) is 61.8 cm³/mol. The number of ether oxygens (including phenoxy) is 1. The monoisotopic (exact) mass is 229 g/mol. The SMILES string of the molecule is CCC1CCC(CN)(C(O)C(=O)OC)CC1. The van der Waals surface area contributed by atoms with Crippen LogP contribution >= 0.6 is 0 Å². The summed E-state index contributed by atoms with van der Waals surface area (Å²) in [6, 6.07) is 0. The summed E-state index contributed by atoms with van der Waals surface area (Å²) >= 11 is 0. The van der Waals surface area contributed by atoms with Crippen LogP contribution in [0.3, 0.4) is 0 Å². The summed E-state index contributed by atoms with van der Waals surface area (Å²) in [5, 5.41) is 10.00. The molecule has 0 aliphatic heterocycles. The van der Waals surface area contributed by atoms with Crippen LogP contribution in [-0.2, 0) is 9.53 Å². The third-order valence-corrected chi connectivity index (χ3v) is 4.09. The standard InChI is InChI=1S/C12H23NO3/c1-3-9-4-6-12(8-13,7-5-9)10(14)11(15)16-2/h9-10,14H,3-8,13H2,1-2H3. The molecule has 1 fully saturated rings. The molecule has 0 bridgehead atoms. The maximum atomic E-state index is 11.4. The van der Waals surface area contributed by atoms with Gasteiger partial charge in [-0.15, -0.1) is 0 Å². The van der Waals surface area contributed by atoms with E-state index < -0.39 is 17.5 Å². The molecule has 3 N–H and O–H groups in total. The molecule has 1 aliphatic carbocycles. The second kappa shape index (κ2) is 5.64. The molecule has 0 amide bonds. The Morgan fingerprint density at radius 1 is 1.56 bits per heavy atom. The summed E-state index contributed by atoms with van der Waals surface area (Å²) in [5.41, 5.74) is 5.29. The van der Waals surface area contributed by atoms with E-state index in [1.165, 1.54) is 7.11 Å². The zero-order chi connectivity index (χ0) is 12.2. The number of nitrogens with two attached hydrogens (primary N) is 1. The quantitative estimate of drug-likeness (QED) is 0.707. The van der Waals surface area contributed by atoms with Gasteiger partial charge in [-0.3, -0.25) is 0 Å². The lowest BCUT2D eigenvalue weighted by Gasteiger charge is -2.41. The van der Waals surface area contributed by atoms with E-state index in [-0.39, 0.29) is 0 Å². The van der Waals surface area contributed by atoms with Crippen molar-refractivity contribution in [3.63, 3.8) is 0 Å². The highest BCUT2D eigenvalue weighted by atomic mass is 16.5.